The summed E-state index contributed by atoms with van der Waals surface area (Å²) in [5.74, 6) is -3.44. The monoisotopic (exact) mass is 730 g/mol. The van der Waals surface area contributed by atoms with Crippen molar-refractivity contribution in [2.75, 3.05) is 26.2 Å². The van der Waals surface area contributed by atoms with Gasteiger partial charge in [-0.1, -0.05) is 11.6 Å². The lowest BCUT2D eigenvalue weighted by Gasteiger charge is -2.26. The minimum atomic E-state index is -5.08. The van der Waals surface area contributed by atoms with Crippen LogP contribution in [0.4, 0.5) is 26.3 Å². The Labute approximate surface area is 281 Å². The van der Waals surface area contributed by atoms with E-state index in [2.05, 4.69) is 30.8 Å². The van der Waals surface area contributed by atoms with Crippen LogP contribution in [0.1, 0.15) is 33.2 Å². The minimum absolute atomic E-state index is 0.0421. The van der Waals surface area contributed by atoms with Crippen LogP contribution in [0, 0.1) is 0 Å². The van der Waals surface area contributed by atoms with Crippen molar-refractivity contribution in [2.45, 2.75) is 38.0 Å². The molecule has 50 heavy (non-hydrogen) atoms. The van der Waals surface area contributed by atoms with Crippen molar-refractivity contribution in [3.8, 4) is 17.1 Å². The number of carbonyl (C=O) groups excluding carboxylic acids is 3. The number of hydrogen-bond acceptors (Lipinski definition) is 9. The molecular formula is C28H25ClF6N10O5. The first-order valence-electron chi connectivity index (χ1n) is 14.5. The van der Waals surface area contributed by atoms with Gasteiger partial charge in [-0.2, -0.15) is 26.3 Å². The highest BCUT2D eigenvalue weighted by Crippen LogP contribution is 2.25. The van der Waals surface area contributed by atoms with E-state index in [9.17, 15) is 50.6 Å². The Kier molecular flexibility index (Phi) is 10.3. The SMILES string of the molecule is O=C1CN(C(=O)c2nc(Cn3nc(-c4ccc(Cl)cc4)n(CC(O)C(F)(F)F)c3=O)nn2-c2cnccc2C(=O)NCCC(F)(F)F)CCN1. The molecule has 1 fully saturated rings. The summed E-state index contributed by atoms with van der Waals surface area (Å²) < 4.78 is 80.2. The van der Waals surface area contributed by atoms with Crippen molar-refractivity contribution in [1.29, 1.82) is 0 Å². The fourth-order valence-corrected chi connectivity index (χ4v) is 4.90. The normalized spacial score (nSPS) is 14.4. The maximum Gasteiger partial charge on any atom is 0.416 e. The summed E-state index contributed by atoms with van der Waals surface area (Å²) in [6.07, 6.45) is -11.7. The maximum atomic E-state index is 13.7. The first kappa shape index (κ1) is 36.0. The number of rotatable bonds is 10. The van der Waals surface area contributed by atoms with Crippen molar-refractivity contribution in [3.05, 3.63) is 75.4 Å². The van der Waals surface area contributed by atoms with E-state index in [1.54, 1.807) is 0 Å². The van der Waals surface area contributed by atoms with Gasteiger partial charge >= 0.3 is 18.0 Å². The van der Waals surface area contributed by atoms with Crippen LogP contribution in [0.2, 0.25) is 5.02 Å². The Hall–Kier alpha value is -5.31. The summed E-state index contributed by atoms with van der Waals surface area (Å²) >= 11 is 5.93. The van der Waals surface area contributed by atoms with Crippen molar-refractivity contribution in [3.63, 3.8) is 0 Å². The number of aliphatic hydroxyl groups excluding tert-OH is 1. The highest BCUT2D eigenvalue weighted by atomic mass is 35.5. The zero-order valence-corrected chi connectivity index (χ0v) is 26.1. The highest BCUT2D eigenvalue weighted by molar-refractivity contribution is 6.30. The molecule has 0 saturated carbocycles. The predicted octanol–water partition coefficient (Wildman–Crippen LogP) is 1.57. The Balaban J connectivity index is 1.57. The molecule has 0 radical (unpaired) electrons. The summed E-state index contributed by atoms with van der Waals surface area (Å²) in [5.41, 5.74) is -1.44. The molecule has 266 valence electrons. The number of nitrogens with zero attached hydrogens (tertiary/aromatic N) is 8. The predicted molar refractivity (Wildman–Crippen MR) is 159 cm³/mol. The molecule has 3 amide bonds. The summed E-state index contributed by atoms with van der Waals surface area (Å²) in [6.45, 7) is -2.91. The quantitative estimate of drug-likeness (QED) is 0.204. The fourth-order valence-electron chi connectivity index (χ4n) is 4.77. The number of nitrogens with one attached hydrogen (secondary N) is 2. The third kappa shape index (κ3) is 8.28. The third-order valence-corrected chi connectivity index (χ3v) is 7.44. The van der Waals surface area contributed by atoms with Crippen LogP contribution in [-0.4, -0.2) is 106 Å². The number of amides is 3. The highest BCUT2D eigenvalue weighted by Gasteiger charge is 2.39. The molecule has 3 N–H and O–H groups in total. The number of carbonyl (C=O) groups is 3. The van der Waals surface area contributed by atoms with Crippen LogP contribution < -0.4 is 16.3 Å². The number of benzene rings is 1. The summed E-state index contributed by atoms with van der Waals surface area (Å²) in [6, 6.07) is 6.72. The Morgan fingerprint density at radius 3 is 2.44 bits per heavy atom. The van der Waals surface area contributed by atoms with E-state index in [1.165, 1.54) is 24.3 Å². The number of hydrogen-bond donors (Lipinski definition) is 3. The molecule has 1 saturated heterocycles. The van der Waals surface area contributed by atoms with Gasteiger partial charge in [-0.3, -0.25) is 23.9 Å². The summed E-state index contributed by atoms with van der Waals surface area (Å²) in [7, 11) is 0. The van der Waals surface area contributed by atoms with Crippen LogP contribution in [0.3, 0.4) is 0 Å². The van der Waals surface area contributed by atoms with Crippen LogP contribution in [0.25, 0.3) is 17.1 Å². The van der Waals surface area contributed by atoms with Gasteiger partial charge in [0.15, 0.2) is 17.8 Å². The van der Waals surface area contributed by atoms with Gasteiger partial charge in [-0.25, -0.2) is 19.1 Å². The topological polar surface area (TPSA) is 182 Å². The zero-order chi connectivity index (χ0) is 36.4. The lowest BCUT2D eigenvalue weighted by Crippen LogP contribution is -2.50. The molecule has 1 atom stereocenters. The standard InChI is InChI=1S/C28H25ClF6N10O5/c29-16-3-1-15(2-4-16)22-41-44(26(50)43(22)12-19(46)28(33,34)35)13-20-39-23(25(49)42-10-9-37-21(47)14-42)45(40-20)18-11-36-7-5-17(18)24(48)38-8-6-27(30,31)32/h1-5,7,11,19,46H,6,8-10,12-14H2,(H,37,47)(H,38,48). The number of aromatic nitrogens is 7. The van der Waals surface area contributed by atoms with Crippen LogP contribution in [0.5, 0.6) is 0 Å². The molecule has 15 nitrogen and oxygen atoms in total. The fraction of sp³-hybridized carbons (Fsp3) is 0.357. The number of piperazine rings is 1. The molecule has 3 aromatic heterocycles. The second kappa shape index (κ2) is 14.3. The number of halogens is 7. The van der Waals surface area contributed by atoms with Gasteiger partial charge in [0, 0.05) is 36.4 Å². The molecular weight excluding hydrogens is 706 g/mol. The molecule has 5 rings (SSSR count). The lowest BCUT2D eigenvalue weighted by atomic mass is 10.2. The van der Waals surface area contributed by atoms with Gasteiger partial charge in [0.1, 0.15) is 13.1 Å². The smallest absolute Gasteiger partial charge is 0.382 e. The molecule has 1 unspecified atom stereocenters. The molecule has 1 aliphatic heterocycles. The number of pyridine rings is 1. The number of aliphatic hydroxyl groups is 1. The maximum absolute atomic E-state index is 13.7. The average Bonchev–Trinajstić information content (AvgIpc) is 3.60. The first-order chi connectivity index (χ1) is 23.5. The van der Waals surface area contributed by atoms with Gasteiger partial charge in [0.05, 0.1) is 30.4 Å². The molecule has 4 aromatic rings. The van der Waals surface area contributed by atoms with E-state index >= 15 is 0 Å². The van der Waals surface area contributed by atoms with Crippen molar-refractivity contribution >= 4 is 29.3 Å². The molecule has 4 heterocycles. The molecule has 1 aliphatic rings. The van der Waals surface area contributed by atoms with E-state index in [1.807, 2.05) is 0 Å². The largest absolute Gasteiger partial charge is 0.416 e. The molecule has 1 aromatic carbocycles. The van der Waals surface area contributed by atoms with E-state index < -0.39 is 73.7 Å². The number of alkyl halides is 6. The molecule has 0 aliphatic carbocycles. The zero-order valence-electron chi connectivity index (χ0n) is 25.4. The van der Waals surface area contributed by atoms with E-state index in [0.717, 1.165) is 28.0 Å². The molecule has 0 spiro atoms. The van der Waals surface area contributed by atoms with E-state index in [-0.39, 0.29) is 53.1 Å². The average molecular weight is 731 g/mol. The molecule has 22 heteroatoms. The second-order valence-electron chi connectivity index (χ2n) is 10.8. The minimum Gasteiger partial charge on any atom is -0.382 e. The summed E-state index contributed by atoms with van der Waals surface area (Å²) in [4.78, 5) is 61.3. The van der Waals surface area contributed by atoms with Gasteiger partial charge in [0.25, 0.3) is 11.8 Å². The van der Waals surface area contributed by atoms with Crippen molar-refractivity contribution < 1.29 is 45.8 Å². The van der Waals surface area contributed by atoms with Crippen LogP contribution >= 0.6 is 11.6 Å². The third-order valence-electron chi connectivity index (χ3n) is 7.18. The first-order valence-corrected chi connectivity index (χ1v) is 14.9. The Morgan fingerprint density at radius 1 is 1.06 bits per heavy atom. The van der Waals surface area contributed by atoms with Crippen LogP contribution in [0.15, 0.2) is 47.5 Å². The lowest BCUT2D eigenvalue weighted by molar-refractivity contribution is -0.207. The second-order valence-corrected chi connectivity index (χ2v) is 11.2. The van der Waals surface area contributed by atoms with Crippen molar-refractivity contribution in [2.24, 2.45) is 0 Å². The molecule has 0 bridgehead atoms. The van der Waals surface area contributed by atoms with Crippen LogP contribution in [-0.2, 0) is 17.9 Å². The van der Waals surface area contributed by atoms with Gasteiger partial charge in [-0.15, -0.1) is 10.2 Å². The summed E-state index contributed by atoms with van der Waals surface area (Å²) in [5, 5.41) is 23.1. The van der Waals surface area contributed by atoms with Gasteiger partial charge in [-0.05, 0) is 30.3 Å². The Bertz CT molecular complexity index is 1960. The van der Waals surface area contributed by atoms with E-state index in [4.69, 9.17) is 11.6 Å². The van der Waals surface area contributed by atoms with E-state index in [0.29, 0.717) is 9.25 Å². The van der Waals surface area contributed by atoms with Gasteiger partial charge < -0.3 is 20.6 Å². The van der Waals surface area contributed by atoms with Crippen molar-refractivity contribution in [1.82, 2.24) is 49.6 Å². The Morgan fingerprint density at radius 2 is 1.78 bits per heavy atom. The van der Waals surface area contributed by atoms with Gasteiger partial charge in [0.2, 0.25) is 11.7 Å².